The van der Waals surface area contributed by atoms with Gasteiger partial charge in [-0.25, -0.2) is 0 Å². The Kier molecular flexibility index (Phi) is 6.04. The van der Waals surface area contributed by atoms with Gasteiger partial charge in [0.25, 0.3) is 0 Å². The van der Waals surface area contributed by atoms with Crippen molar-refractivity contribution in [3.05, 3.63) is 6.92 Å². The number of hydrogen-bond donors (Lipinski definition) is 0. The Morgan fingerprint density at radius 2 is 1.50 bits per heavy atom. The van der Waals surface area contributed by atoms with Gasteiger partial charge in [-0.15, -0.1) is 0 Å². The summed E-state index contributed by atoms with van der Waals surface area (Å²) in [4.78, 5) is 4.41. The Balaban J connectivity index is 3.96. The third kappa shape index (κ3) is 6.38. The van der Waals surface area contributed by atoms with Crippen molar-refractivity contribution in [2.24, 2.45) is 16.8 Å². The lowest BCUT2D eigenvalue weighted by molar-refractivity contribution is 0.634. The van der Waals surface area contributed by atoms with E-state index in [4.69, 9.17) is 0 Å². The van der Waals surface area contributed by atoms with Crippen molar-refractivity contribution in [3.8, 4) is 0 Å². The van der Waals surface area contributed by atoms with Crippen LogP contribution in [0.25, 0.3) is 0 Å². The molecule has 71 valence electrons. The average molecular weight is 168 g/mol. The number of aliphatic imine (C=N–C) groups is 1. The fourth-order valence-corrected chi connectivity index (χ4v) is 1.31. The molecule has 0 unspecified atom stereocenters. The van der Waals surface area contributed by atoms with E-state index in [0.717, 1.165) is 12.8 Å². The van der Waals surface area contributed by atoms with Crippen LogP contribution in [0.5, 0.6) is 0 Å². The second-order valence-corrected chi connectivity index (χ2v) is 4.14. The van der Waals surface area contributed by atoms with Gasteiger partial charge in [-0.3, -0.25) is 4.99 Å². The molecule has 0 heterocycles. The van der Waals surface area contributed by atoms with E-state index in [2.05, 4.69) is 39.6 Å². The van der Waals surface area contributed by atoms with Crippen LogP contribution in [0.4, 0.5) is 0 Å². The summed E-state index contributed by atoms with van der Waals surface area (Å²) in [7, 11) is 0. The zero-order chi connectivity index (χ0) is 9.56. The topological polar surface area (TPSA) is 12.4 Å². The van der Waals surface area contributed by atoms with Crippen LogP contribution in [0.15, 0.2) is 4.99 Å². The van der Waals surface area contributed by atoms with Crippen molar-refractivity contribution in [2.45, 2.75) is 40.5 Å². The average Bonchev–Trinajstić information content (AvgIpc) is 1.84. The van der Waals surface area contributed by atoms with Gasteiger partial charge in [-0.05, 0) is 31.6 Å². The molecule has 0 fully saturated rings. The van der Waals surface area contributed by atoms with E-state index >= 15 is 0 Å². The molecule has 0 atom stereocenters. The number of nitrogens with zero attached hydrogens (tertiary/aromatic N) is 1. The van der Waals surface area contributed by atoms with E-state index in [0.29, 0.717) is 18.4 Å². The summed E-state index contributed by atoms with van der Waals surface area (Å²) in [5.41, 5.74) is 1.34. The molecule has 1 heteroatoms. The summed E-state index contributed by atoms with van der Waals surface area (Å²) in [6.45, 7) is 13.4. The van der Waals surface area contributed by atoms with Crippen molar-refractivity contribution in [3.63, 3.8) is 0 Å². The van der Waals surface area contributed by atoms with E-state index in [9.17, 15) is 0 Å². The highest BCUT2D eigenvalue weighted by atomic mass is 14.7. The maximum Gasteiger partial charge on any atom is 0.0389 e. The van der Waals surface area contributed by atoms with Gasteiger partial charge in [-0.2, -0.15) is 0 Å². The highest BCUT2D eigenvalue weighted by molar-refractivity contribution is 5.84. The molecule has 0 aliphatic rings. The zero-order valence-corrected chi connectivity index (χ0v) is 8.93. The second-order valence-electron chi connectivity index (χ2n) is 4.14. The molecule has 0 N–H and O–H groups in total. The van der Waals surface area contributed by atoms with Crippen LogP contribution >= 0.6 is 0 Å². The fourth-order valence-electron chi connectivity index (χ4n) is 1.31. The first kappa shape index (κ1) is 11.7. The molecule has 0 aromatic carbocycles. The van der Waals surface area contributed by atoms with Crippen LogP contribution in [0, 0.1) is 18.8 Å². The normalized spacial score (nSPS) is 10.9. The van der Waals surface area contributed by atoms with Crippen molar-refractivity contribution < 1.29 is 0 Å². The van der Waals surface area contributed by atoms with Crippen LogP contribution < -0.4 is 0 Å². The maximum absolute atomic E-state index is 4.41. The Labute approximate surface area is 77.3 Å². The Morgan fingerprint density at radius 1 is 1.08 bits per heavy atom. The van der Waals surface area contributed by atoms with E-state index in [1.54, 1.807) is 0 Å². The standard InChI is InChI=1S/C11H22N/c1-6-12-11(7-9(2)3)8-10(4)5/h9-10H,1,6-8H2,2-5H3. The van der Waals surface area contributed by atoms with Gasteiger partial charge in [0.05, 0.1) is 0 Å². The minimum absolute atomic E-state index is 0.689. The molecular formula is C11H22N. The molecule has 0 bridgehead atoms. The molecule has 0 spiro atoms. The molecule has 12 heavy (non-hydrogen) atoms. The minimum Gasteiger partial charge on any atom is -0.294 e. The van der Waals surface area contributed by atoms with Gasteiger partial charge in [0.1, 0.15) is 0 Å². The summed E-state index contributed by atoms with van der Waals surface area (Å²) in [5.74, 6) is 1.43. The van der Waals surface area contributed by atoms with Crippen molar-refractivity contribution in [1.29, 1.82) is 0 Å². The quantitative estimate of drug-likeness (QED) is 0.558. The summed E-state index contributed by atoms with van der Waals surface area (Å²) >= 11 is 0. The highest BCUT2D eigenvalue weighted by Gasteiger charge is 2.04. The SMILES string of the molecule is [CH2]CN=C(CC(C)C)CC(C)C. The molecule has 1 radical (unpaired) electrons. The summed E-state index contributed by atoms with van der Waals surface area (Å²) in [5, 5.41) is 0. The molecule has 0 saturated carbocycles. The number of rotatable bonds is 5. The van der Waals surface area contributed by atoms with Gasteiger partial charge in [-0.1, -0.05) is 27.7 Å². The first-order valence-electron chi connectivity index (χ1n) is 4.87. The lowest BCUT2D eigenvalue weighted by Crippen LogP contribution is -2.07. The third-order valence-corrected chi connectivity index (χ3v) is 1.62. The van der Waals surface area contributed by atoms with Crippen molar-refractivity contribution in [1.82, 2.24) is 0 Å². The molecular weight excluding hydrogens is 146 g/mol. The molecule has 0 rings (SSSR count). The number of hydrogen-bond acceptors (Lipinski definition) is 1. The largest absolute Gasteiger partial charge is 0.294 e. The van der Waals surface area contributed by atoms with Crippen LogP contribution in [-0.2, 0) is 0 Å². The van der Waals surface area contributed by atoms with E-state index in [-0.39, 0.29) is 0 Å². The van der Waals surface area contributed by atoms with Gasteiger partial charge in [0.2, 0.25) is 0 Å². The van der Waals surface area contributed by atoms with Crippen molar-refractivity contribution >= 4 is 5.71 Å². The van der Waals surface area contributed by atoms with Crippen LogP contribution in [0.2, 0.25) is 0 Å². The predicted molar refractivity (Wildman–Crippen MR) is 56.6 cm³/mol. The van der Waals surface area contributed by atoms with Crippen LogP contribution in [0.1, 0.15) is 40.5 Å². The van der Waals surface area contributed by atoms with E-state index in [1.165, 1.54) is 5.71 Å². The third-order valence-electron chi connectivity index (χ3n) is 1.62. The Bertz CT molecular complexity index is 122. The van der Waals surface area contributed by atoms with E-state index in [1.807, 2.05) is 0 Å². The molecule has 0 aliphatic carbocycles. The predicted octanol–water partition coefficient (Wildman–Crippen LogP) is 3.35. The van der Waals surface area contributed by atoms with Gasteiger partial charge < -0.3 is 0 Å². The van der Waals surface area contributed by atoms with Gasteiger partial charge in [0, 0.05) is 12.3 Å². The lowest BCUT2D eigenvalue weighted by Gasteiger charge is -2.10. The molecule has 1 nitrogen and oxygen atoms in total. The lowest BCUT2D eigenvalue weighted by atomic mass is 9.99. The summed E-state index contributed by atoms with van der Waals surface area (Å²) in [6, 6.07) is 0. The second kappa shape index (κ2) is 6.22. The smallest absolute Gasteiger partial charge is 0.0389 e. The molecule has 0 aliphatic heterocycles. The first-order valence-corrected chi connectivity index (χ1v) is 4.87. The minimum atomic E-state index is 0.689. The first-order chi connectivity index (χ1) is 5.56. The van der Waals surface area contributed by atoms with E-state index < -0.39 is 0 Å². The Hall–Kier alpha value is -0.330. The van der Waals surface area contributed by atoms with Crippen LogP contribution in [-0.4, -0.2) is 12.3 Å². The molecule has 0 aromatic heterocycles. The monoisotopic (exact) mass is 168 g/mol. The molecule has 0 saturated heterocycles. The van der Waals surface area contributed by atoms with Crippen LogP contribution in [0.3, 0.4) is 0 Å². The van der Waals surface area contributed by atoms with Gasteiger partial charge >= 0.3 is 0 Å². The maximum atomic E-state index is 4.41. The molecule has 0 aromatic rings. The summed E-state index contributed by atoms with van der Waals surface area (Å²) in [6.07, 6.45) is 2.27. The Morgan fingerprint density at radius 3 is 1.75 bits per heavy atom. The van der Waals surface area contributed by atoms with Gasteiger partial charge in [0.15, 0.2) is 0 Å². The summed E-state index contributed by atoms with van der Waals surface area (Å²) < 4.78 is 0. The fraction of sp³-hybridized carbons (Fsp3) is 0.818. The zero-order valence-electron chi connectivity index (χ0n) is 8.93. The highest BCUT2D eigenvalue weighted by Crippen LogP contribution is 2.10. The molecule has 0 amide bonds. The van der Waals surface area contributed by atoms with Crippen molar-refractivity contribution in [2.75, 3.05) is 6.54 Å².